The van der Waals surface area contributed by atoms with E-state index in [1.54, 1.807) is 6.92 Å². The van der Waals surface area contributed by atoms with E-state index in [0.717, 1.165) is 0 Å². The molecule has 0 rings (SSSR count). The van der Waals surface area contributed by atoms with Gasteiger partial charge in [0.15, 0.2) is 0 Å². The summed E-state index contributed by atoms with van der Waals surface area (Å²) in [7, 11) is 0. The summed E-state index contributed by atoms with van der Waals surface area (Å²) < 4.78 is 4.77. The molecule has 0 aliphatic rings. The Labute approximate surface area is 62.6 Å². The largest absolute Gasteiger partial charge is 0.466 e. The highest BCUT2D eigenvalue weighted by atomic mass is 16.5. The third-order valence-electron chi connectivity index (χ3n) is 1.32. The zero-order valence-electron chi connectivity index (χ0n) is 6.43. The lowest BCUT2D eigenvalue weighted by molar-refractivity contribution is -0.147. The third kappa shape index (κ3) is 2.85. The van der Waals surface area contributed by atoms with Gasteiger partial charge in [0.05, 0.1) is 12.5 Å². The minimum atomic E-state index is -0.174. The zero-order chi connectivity index (χ0) is 7.98. The number of carbonyl (C=O) groups is 1. The molecule has 0 spiro atoms. The second-order valence-corrected chi connectivity index (χ2v) is 2.03. The van der Waals surface area contributed by atoms with Gasteiger partial charge in [0.2, 0.25) is 0 Å². The Morgan fingerprint density at radius 1 is 1.50 bits per heavy atom. The quantitative estimate of drug-likeness (QED) is 0.557. The molecule has 0 saturated carbocycles. The maximum Gasteiger partial charge on any atom is 0.308 e. The van der Waals surface area contributed by atoms with Crippen molar-refractivity contribution >= 4 is 5.97 Å². The highest BCUT2D eigenvalue weighted by Crippen LogP contribution is 2.08. The Morgan fingerprint density at radius 2 is 2.00 bits per heavy atom. The first kappa shape index (κ1) is 9.47. The molecule has 0 bridgehead atoms. The van der Waals surface area contributed by atoms with E-state index in [1.165, 1.54) is 0 Å². The van der Waals surface area contributed by atoms with Crippen molar-refractivity contribution in [3.63, 3.8) is 0 Å². The topological polar surface area (TPSA) is 26.3 Å². The summed E-state index contributed by atoms with van der Waals surface area (Å²) in [5.41, 5.74) is 0. The van der Waals surface area contributed by atoms with E-state index in [-0.39, 0.29) is 11.9 Å². The Morgan fingerprint density at radius 3 is 2.30 bits per heavy atom. The molecule has 0 aromatic rings. The van der Waals surface area contributed by atoms with Gasteiger partial charge in [-0.3, -0.25) is 4.79 Å². The zero-order valence-corrected chi connectivity index (χ0v) is 6.43. The monoisotopic (exact) mass is 142 g/mol. The van der Waals surface area contributed by atoms with E-state index in [1.807, 2.05) is 0 Å². The lowest BCUT2D eigenvalue weighted by Gasteiger charge is -2.09. The standard InChI is InChI=1S/C8H14O2/c1-4-7(5-2)8(9)10-6-3/h7H,1-2,4-6H2,3H3. The van der Waals surface area contributed by atoms with E-state index in [2.05, 4.69) is 13.8 Å². The molecule has 0 fully saturated rings. The average molecular weight is 142 g/mol. The van der Waals surface area contributed by atoms with Crippen LogP contribution >= 0.6 is 0 Å². The molecule has 10 heavy (non-hydrogen) atoms. The molecule has 0 saturated heterocycles. The van der Waals surface area contributed by atoms with E-state index in [9.17, 15) is 4.79 Å². The summed E-state index contributed by atoms with van der Waals surface area (Å²) in [5, 5.41) is 0. The van der Waals surface area contributed by atoms with Gasteiger partial charge in [-0.25, -0.2) is 0 Å². The first-order valence-corrected chi connectivity index (χ1v) is 3.51. The molecule has 2 nitrogen and oxygen atoms in total. The highest BCUT2D eigenvalue weighted by molar-refractivity contribution is 5.72. The second kappa shape index (κ2) is 5.27. The summed E-state index contributed by atoms with van der Waals surface area (Å²) >= 11 is 0. The molecule has 0 amide bonds. The molecule has 0 aromatic carbocycles. The van der Waals surface area contributed by atoms with Crippen molar-refractivity contribution in [1.82, 2.24) is 0 Å². The van der Waals surface area contributed by atoms with E-state index in [0.29, 0.717) is 19.4 Å². The molecule has 2 heteroatoms. The molecule has 0 aromatic heterocycles. The molecule has 0 unspecified atom stereocenters. The van der Waals surface area contributed by atoms with Crippen LogP contribution in [0.5, 0.6) is 0 Å². The molecule has 58 valence electrons. The molecule has 0 aliphatic carbocycles. The van der Waals surface area contributed by atoms with Crippen molar-refractivity contribution in [3.8, 4) is 0 Å². The van der Waals surface area contributed by atoms with Crippen LogP contribution in [0, 0.1) is 19.8 Å². The summed E-state index contributed by atoms with van der Waals surface area (Å²) in [6.45, 7) is 9.47. The van der Waals surface area contributed by atoms with Crippen molar-refractivity contribution in [1.29, 1.82) is 0 Å². The van der Waals surface area contributed by atoms with Gasteiger partial charge in [0.25, 0.3) is 0 Å². The van der Waals surface area contributed by atoms with Crippen LogP contribution in [0.3, 0.4) is 0 Å². The lowest BCUT2D eigenvalue weighted by Crippen LogP contribution is -2.16. The smallest absolute Gasteiger partial charge is 0.308 e. The first-order chi connectivity index (χ1) is 4.76. The number of carbonyl (C=O) groups excluding carboxylic acids is 1. The molecule has 0 N–H and O–H groups in total. The molecule has 0 aliphatic heterocycles. The third-order valence-corrected chi connectivity index (χ3v) is 1.32. The first-order valence-electron chi connectivity index (χ1n) is 3.51. The van der Waals surface area contributed by atoms with Crippen molar-refractivity contribution < 1.29 is 9.53 Å². The number of hydrogen-bond acceptors (Lipinski definition) is 2. The van der Waals surface area contributed by atoms with Gasteiger partial charge in [0.1, 0.15) is 0 Å². The molecule has 2 radical (unpaired) electrons. The van der Waals surface area contributed by atoms with Gasteiger partial charge in [-0.15, -0.1) is 0 Å². The Bertz CT molecular complexity index is 95.4. The SMILES string of the molecule is [CH2]CC(C[CH2])C(=O)OCC. The minimum Gasteiger partial charge on any atom is -0.466 e. The lowest BCUT2D eigenvalue weighted by atomic mass is 10.0. The van der Waals surface area contributed by atoms with Gasteiger partial charge in [-0.05, 0) is 19.8 Å². The number of hydrogen-bond donors (Lipinski definition) is 0. The fourth-order valence-electron chi connectivity index (χ4n) is 0.640. The van der Waals surface area contributed by atoms with E-state index < -0.39 is 0 Å². The predicted molar refractivity (Wildman–Crippen MR) is 40.1 cm³/mol. The fraction of sp³-hybridized carbons (Fsp3) is 0.625. The summed E-state index contributed by atoms with van der Waals surface area (Å²) in [4.78, 5) is 10.9. The van der Waals surface area contributed by atoms with Crippen LogP contribution < -0.4 is 0 Å². The van der Waals surface area contributed by atoms with Crippen molar-refractivity contribution in [2.45, 2.75) is 19.8 Å². The highest BCUT2D eigenvalue weighted by Gasteiger charge is 2.14. The minimum absolute atomic E-state index is 0.111. The van der Waals surface area contributed by atoms with Crippen LogP contribution in [0.4, 0.5) is 0 Å². The molecular weight excluding hydrogens is 128 g/mol. The maximum absolute atomic E-state index is 10.9. The van der Waals surface area contributed by atoms with Crippen molar-refractivity contribution in [2.24, 2.45) is 5.92 Å². The number of rotatable bonds is 4. The molecule has 0 atom stereocenters. The maximum atomic E-state index is 10.9. The summed E-state index contributed by atoms with van der Waals surface area (Å²) in [5.74, 6) is -0.285. The van der Waals surface area contributed by atoms with Gasteiger partial charge < -0.3 is 4.74 Å². The average Bonchev–Trinajstić information content (AvgIpc) is 1.91. The van der Waals surface area contributed by atoms with Crippen LogP contribution in [0.15, 0.2) is 0 Å². The second-order valence-electron chi connectivity index (χ2n) is 2.03. The van der Waals surface area contributed by atoms with Crippen LogP contribution in [0.1, 0.15) is 19.8 Å². The van der Waals surface area contributed by atoms with Gasteiger partial charge in [-0.1, -0.05) is 13.8 Å². The van der Waals surface area contributed by atoms with E-state index in [4.69, 9.17) is 4.74 Å². The number of ether oxygens (including phenoxy) is 1. The van der Waals surface area contributed by atoms with Crippen molar-refractivity contribution in [2.75, 3.05) is 6.61 Å². The fourth-order valence-corrected chi connectivity index (χ4v) is 0.640. The Kier molecular flexibility index (Phi) is 4.99. The van der Waals surface area contributed by atoms with Gasteiger partial charge in [0, 0.05) is 0 Å². The van der Waals surface area contributed by atoms with Gasteiger partial charge in [-0.2, -0.15) is 0 Å². The number of esters is 1. The van der Waals surface area contributed by atoms with Crippen molar-refractivity contribution in [3.05, 3.63) is 13.8 Å². The normalized spacial score (nSPS) is 10.0. The Hall–Kier alpha value is -0.530. The van der Waals surface area contributed by atoms with E-state index >= 15 is 0 Å². The summed E-state index contributed by atoms with van der Waals surface area (Å²) in [6, 6.07) is 0. The van der Waals surface area contributed by atoms with Crippen LogP contribution in [0.25, 0.3) is 0 Å². The van der Waals surface area contributed by atoms with Crippen LogP contribution in [0.2, 0.25) is 0 Å². The van der Waals surface area contributed by atoms with Gasteiger partial charge >= 0.3 is 5.97 Å². The van der Waals surface area contributed by atoms with Crippen LogP contribution in [-0.4, -0.2) is 12.6 Å². The summed E-state index contributed by atoms with van der Waals surface area (Å²) in [6.07, 6.45) is 1.14. The van der Waals surface area contributed by atoms with Crippen LogP contribution in [-0.2, 0) is 9.53 Å². The molecule has 0 heterocycles. The molecular formula is C8H14O2. The predicted octanol–water partition coefficient (Wildman–Crippen LogP) is 1.61. The Balaban J connectivity index is 3.65.